The molecule has 0 N–H and O–H groups in total. The third kappa shape index (κ3) is 3.59. The summed E-state index contributed by atoms with van der Waals surface area (Å²) in [5, 5.41) is 12.5. The van der Waals surface area contributed by atoms with Crippen molar-refractivity contribution in [3.05, 3.63) is 24.4 Å². The summed E-state index contributed by atoms with van der Waals surface area (Å²) >= 11 is 0. The molecule has 0 bridgehead atoms. The molecule has 1 saturated carbocycles. The zero-order chi connectivity index (χ0) is 15.6. The van der Waals surface area contributed by atoms with Crippen molar-refractivity contribution in [3.8, 4) is 0 Å². The van der Waals surface area contributed by atoms with Gasteiger partial charge in [-0.1, -0.05) is 0 Å². The van der Waals surface area contributed by atoms with Crippen molar-refractivity contribution in [1.82, 2.24) is 34.8 Å². The average molecular weight is 317 g/mol. The highest BCUT2D eigenvalue weighted by Crippen LogP contribution is 2.39. The highest BCUT2D eigenvalue weighted by atomic mass is 16.4. The van der Waals surface area contributed by atoms with E-state index in [1.54, 1.807) is 12.7 Å². The van der Waals surface area contributed by atoms with Crippen LogP contribution in [-0.4, -0.2) is 67.5 Å². The summed E-state index contributed by atoms with van der Waals surface area (Å²) in [6, 6.07) is 0.544. The van der Waals surface area contributed by atoms with E-state index in [1.165, 1.54) is 19.3 Å². The fourth-order valence-electron chi connectivity index (χ4n) is 3.14. The second-order valence-corrected chi connectivity index (χ2v) is 6.63. The van der Waals surface area contributed by atoms with E-state index in [9.17, 15) is 0 Å². The van der Waals surface area contributed by atoms with Gasteiger partial charge in [-0.2, -0.15) is 5.10 Å². The molecule has 0 aromatic carbocycles. The van der Waals surface area contributed by atoms with E-state index in [0.29, 0.717) is 12.0 Å². The van der Waals surface area contributed by atoms with Gasteiger partial charge in [-0.05, 0) is 32.9 Å². The molecule has 0 spiro atoms. The molecule has 1 saturated heterocycles. The second kappa shape index (κ2) is 6.37. The fourth-order valence-corrected chi connectivity index (χ4v) is 3.14. The van der Waals surface area contributed by atoms with Crippen LogP contribution in [0.25, 0.3) is 0 Å². The predicted molar refractivity (Wildman–Crippen MR) is 82.6 cm³/mol. The van der Waals surface area contributed by atoms with E-state index in [1.807, 2.05) is 4.68 Å². The highest BCUT2D eigenvalue weighted by molar-refractivity contribution is 5.00. The van der Waals surface area contributed by atoms with Crippen molar-refractivity contribution in [1.29, 1.82) is 0 Å². The van der Waals surface area contributed by atoms with Crippen molar-refractivity contribution in [2.75, 3.05) is 26.7 Å². The molecule has 4 rings (SSSR count). The zero-order valence-electron chi connectivity index (χ0n) is 13.5. The maximum absolute atomic E-state index is 5.77. The molecule has 2 aromatic heterocycles. The number of likely N-dealkylation sites (tertiary alicyclic amines) is 1. The first-order valence-corrected chi connectivity index (χ1v) is 8.35. The van der Waals surface area contributed by atoms with E-state index in [-0.39, 0.29) is 0 Å². The van der Waals surface area contributed by atoms with Crippen LogP contribution in [0.1, 0.15) is 37.0 Å². The molecule has 1 aliphatic heterocycles. The average Bonchev–Trinajstić information content (AvgIpc) is 3.00. The van der Waals surface area contributed by atoms with Gasteiger partial charge in [0.25, 0.3) is 0 Å². The van der Waals surface area contributed by atoms with Gasteiger partial charge >= 0.3 is 0 Å². The number of aromatic nitrogens is 5. The lowest BCUT2D eigenvalue weighted by Crippen LogP contribution is -2.35. The van der Waals surface area contributed by atoms with Gasteiger partial charge in [-0.25, -0.2) is 4.98 Å². The summed E-state index contributed by atoms with van der Waals surface area (Å²) in [6.45, 7) is 4.85. The number of likely N-dealkylation sites (N-methyl/N-ethyl adjacent to an activating group) is 1. The van der Waals surface area contributed by atoms with E-state index in [0.717, 1.165) is 44.5 Å². The van der Waals surface area contributed by atoms with Crippen LogP contribution in [0.5, 0.6) is 0 Å². The Morgan fingerprint density at radius 1 is 1.26 bits per heavy atom. The minimum Gasteiger partial charge on any atom is -0.424 e. The summed E-state index contributed by atoms with van der Waals surface area (Å²) in [4.78, 5) is 8.79. The van der Waals surface area contributed by atoms with Crippen molar-refractivity contribution in [2.45, 2.75) is 44.3 Å². The van der Waals surface area contributed by atoms with Crippen LogP contribution >= 0.6 is 0 Å². The van der Waals surface area contributed by atoms with Gasteiger partial charge in [0, 0.05) is 25.0 Å². The number of hydrogen-bond acceptors (Lipinski definition) is 7. The highest BCUT2D eigenvalue weighted by Gasteiger charge is 2.30. The van der Waals surface area contributed by atoms with Crippen molar-refractivity contribution >= 4 is 0 Å². The smallest absolute Gasteiger partial charge is 0.230 e. The molecule has 124 valence electrons. The molecular weight excluding hydrogens is 294 g/mol. The van der Waals surface area contributed by atoms with Crippen LogP contribution < -0.4 is 0 Å². The topological polar surface area (TPSA) is 76.1 Å². The SMILES string of the molecule is CN(Cc1nnc(C2CC2)o1)[C@H]1CCN(CCn2cncn2)C1. The van der Waals surface area contributed by atoms with Crippen LogP contribution in [0.3, 0.4) is 0 Å². The first-order valence-electron chi connectivity index (χ1n) is 8.35. The Morgan fingerprint density at radius 2 is 2.17 bits per heavy atom. The third-order valence-corrected chi connectivity index (χ3v) is 4.78. The standard InChI is InChI=1S/C15H23N7O/c1-20(9-14-18-19-15(23-14)12-2-3-12)13-4-5-21(8-13)6-7-22-11-16-10-17-22/h10-13H,2-9H2,1H3/t13-/m0/s1. The maximum atomic E-state index is 5.77. The van der Waals surface area contributed by atoms with Crippen LogP contribution in [0.15, 0.2) is 17.1 Å². The summed E-state index contributed by atoms with van der Waals surface area (Å²) in [7, 11) is 2.15. The molecule has 2 aromatic rings. The van der Waals surface area contributed by atoms with E-state index in [4.69, 9.17) is 4.42 Å². The quantitative estimate of drug-likeness (QED) is 0.745. The Balaban J connectivity index is 1.24. The third-order valence-electron chi connectivity index (χ3n) is 4.78. The van der Waals surface area contributed by atoms with Gasteiger partial charge < -0.3 is 4.42 Å². The van der Waals surface area contributed by atoms with Gasteiger partial charge in [0.1, 0.15) is 12.7 Å². The Kier molecular flexibility index (Phi) is 4.09. The second-order valence-electron chi connectivity index (χ2n) is 6.63. The molecule has 0 radical (unpaired) electrons. The van der Waals surface area contributed by atoms with Gasteiger partial charge in [0.2, 0.25) is 11.8 Å². The van der Waals surface area contributed by atoms with Crippen LogP contribution in [0, 0.1) is 0 Å². The molecule has 8 heteroatoms. The fraction of sp³-hybridized carbons (Fsp3) is 0.733. The molecule has 1 atom stereocenters. The largest absolute Gasteiger partial charge is 0.424 e. The first kappa shape index (κ1) is 14.8. The molecule has 0 unspecified atom stereocenters. The number of hydrogen-bond donors (Lipinski definition) is 0. The van der Waals surface area contributed by atoms with Gasteiger partial charge in [-0.15, -0.1) is 10.2 Å². The summed E-state index contributed by atoms with van der Waals surface area (Å²) in [5.41, 5.74) is 0. The molecule has 2 fully saturated rings. The van der Waals surface area contributed by atoms with Crippen LogP contribution in [-0.2, 0) is 13.1 Å². The summed E-state index contributed by atoms with van der Waals surface area (Å²) < 4.78 is 7.65. The molecule has 23 heavy (non-hydrogen) atoms. The van der Waals surface area contributed by atoms with Gasteiger partial charge in [-0.3, -0.25) is 14.5 Å². The van der Waals surface area contributed by atoms with E-state index < -0.39 is 0 Å². The van der Waals surface area contributed by atoms with Crippen molar-refractivity contribution in [3.63, 3.8) is 0 Å². The summed E-state index contributed by atoms with van der Waals surface area (Å²) in [6.07, 6.45) is 6.92. The minimum atomic E-state index is 0.528. The van der Waals surface area contributed by atoms with Crippen molar-refractivity contribution < 1.29 is 4.42 Å². The monoisotopic (exact) mass is 317 g/mol. The lowest BCUT2D eigenvalue weighted by molar-refractivity contribution is 0.203. The number of rotatable bonds is 7. The lowest BCUT2D eigenvalue weighted by Gasteiger charge is -2.23. The Hall–Kier alpha value is -1.80. The Bertz CT molecular complexity index is 622. The minimum absolute atomic E-state index is 0.528. The van der Waals surface area contributed by atoms with Gasteiger partial charge in [0.15, 0.2) is 0 Å². The lowest BCUT2D eigenvalue weighted by atomic mass is 10.2. The van der Waals surface area contributed by atoms with Crippen molar-refractivity contribution in [2.24, 2.45) is 0 Å². The number of nitrogens with zero attached hydrogens (tertiary/aromatic N) is 7. The molecule has 3 heterocycles. The van der Waals surface area contributed by atoms with E-state index >= 15 is 0 Å². The normalized spacial score (nSPS) is 22.3. The molecule has 2 aliphatic rings. The molecule has 1 aliphatic carbocycles. The van der Waals surface area contributed by atoms with E-state index in [2.05, 4.69) is 37.1 Å². The predicted octanol–water partition coefficient (Wildman–Crippen LogP) is 0.745. The summed E-state index contributed by atoms with van der Waals surface area (Å²) in [5.74, 6) is 2.10. The Labute approximate surface area is 135 Å². The first-order chi connectivity index (χ1) is 11.3. The molecule has 8 nitrogen and oxygen atoms in total. The molecular formula is C15H23N7O. The van der Waals surface area contributed by atoms with Crippen LogP contribution in [0.4, 0.5) is 0 Å². The molecule has 0 amide bonds. The maximum Gasteiger partial charge on any atom is 0.230 e. The zero-order valence-corrected chi connectivity index (χ0v) is 13.5. The Morgan fingerprint density at radius 3 is 2.96 bits per heavy atom. The van der Waals surface area contributed by atoms with Gasteiger partial charge in [0.05, 0.1) is 13.1 Å². The van der Waals surface area contributed by atoms with Crippen LogP contribution in [0.2, 0.25) is 0 Å².